The molecule has 2 aromatic rings. The number of pyridine rings is 1. The first kappa shape index (κ1) is 12.4. The maximum atomic E-state index is 4.34. The molecule has 4 heteroatoms. The first-order chi connectivity index (χ1) is 9.38. The van der Waals surface area contributed by atoms with Gasteiger partial charge in [-0.1, -0.05) is 0 Å². The van der Waals surface area contributed by atoms with E-state index in [4.69, 9.17) is 0 Å². The maximum Gasteiger partial charge on any atom is 0.0953 e. The molecule has 1 aliphatic carbocycles. The Balaban J connectivity index is 1.81. The molecule has 0 saturated heterocycles. The molecule has 2 aromatic heterocycles. The van der Waals surface area contributed by atoms with Gasteiger partial charge in [0.2, 0.25) is 0 Å². The van der Waals surface area contributed by atoms with Crippen LogP contribution in [0.3, 0.4) is 0 Å². The van der Waals surface area contributed by atoms with E-state index in [1.54, 1.807) is 0 Å². The summed E-state index contributed by atoms with van der Waals surface area (Å²) < 4.78 is 2.33. The van der Waals surface area contributed by atoms with Crippen LogP contribution in [0.15, 0.2) is 37.1 Å². The maximum absolute atomic E-state index is 4.34. The van der Waals surface area contributed by atoms with Gasteiger partial charge in [-0.15, -0.1) is 0 Å². The lowest BCUT2D eigenvalue weighted by atomic mass is 9.91. The molecule has 1 fully saturated rings. The largest absolute Gasteiger partial charge is 0.328 e. The minimum absolute atomic E-state index is 0.579. The van der Waals surface area contributed by atoms with E-state index >= 15 is 0 Å². The number of nitrogens with one attached hydrogen (secondary N) is 1. The summed E-state index contributed by atoms with van der Waals surface area (Å²) >= 11 is 0. The molecule has 4 nitrogen and oxygen atoms in total. The van der Waals surface area contributed by atoms with E-state index in [9.17, 15) is 0 Å². The molecule has 0 aromatic carbocycles. The van der Waals surface area contributed by atoms with E-state index in [0.29, 0.717) is 12.1 Å². The van der Waals surface area contributed by atoms with Crippen molar-refractivity contribution in [2.45, 2.75) is 37.8 Å². The molecule has 100 valence electrons. The minimum atomic E-state index is 0.579. The summed E-state index contributed by atoms with van der Waals surface area (Å²) in [6.45, 7) is 0. The topological polar surface area (TPSA) is 42.7 Å². The van der Waals surface area contributed by atoms with Crippen LogP contribution in [0, 0.1) is 0 Å². The molecule has 0 radical (unpaired) electrons. The highest BCUT2D eigenvalue weighted by molar-refractivity contribution is 5.58. The van der Waals surface area contributed by atoms with Gasteiger partial charge in [0, 0.05) is 30.0 Å². The number of rotatable bonds is 3. The van der Waals surface area contributed by atoms with E-state index in [0.717, 1.165) is 0 Å². The lowest BCUT2D eigenvalue weighted by Gasteiger charge is -2.30. The fraction of sp³-hybridized carbons (Fsp3) is 0.467. The standard InChI is InChI=1S/C15H20N4/c1-16-13-2-4-14(5-3-13)19-11-18-10-15(19)12-6-8-17-9-7-12/h6-11,13-14,16H,2-5H2,1H3. The van der Waals surface area contributed by atoms with Gasteiger partial charge < -0.3 is 9.88 Å². The SMILES string of the molecule is CNC1CCC(n2cncc2-c2ccncc2)CC1. The van der Waals surface area contributed by atoms with Crippen molar-refractivity contribution >= 4 is 0 Å². The highest BCUT2D eigenvalue weighted by Crippen LogP contribution is 2.32. The predicted octanol–water partition coefficient (Wildman–Crippen LogP) is 2.65. The molecule has 0 aliphatic heterocycles. The van der Waals surface area contributed by atoms with Crippen LogP contribution in [0.2, 0.25) is 0 Å². The van der Waals surface area contributed by atoms with Gasteiger partial charge >= 0.3 is 0 Å². The van der Waals surface area contributed by atoms with Crippen LogP contribution in [-0.2, 0) is 0 Å². The zero-order chi connectivity index (χ0) is 13.1. The third kappa shape index (κ3) is 2.54. The summed E-state index contributed by atoms with van der Waals surface area (Å²) in [5.74, 6) is 0. The van der Waals surface area contributed by atoms with E-state index in [1.165, 1.54) is 36.9 Å². The summed E-state index contributed by atoms with van der Waals surface area (Å²) in [7, 11) is 2.06. The molecular weight excluding hydrogens is 236 g/mol. The van der Waals surface area contributed by atoms with Gasteiger partial charge in [0.15, 0.2) is 0 Å². The smallest absolute Gasteiger partial charge is 0.0953 e. The Labute approximate surface area is 113 Å². The molecule has 19 heavy (non-hydrogen) atoms. The highest BCUT2D eigenvalue weighted by atomic mass is 15.1. The first-order valence-electron chi connectivity index (χ1n) is 6.98. The number of aromatic nitrogens is 3. The average Bonchev–Trinajstić information content (AvgIpc) is 2.98. The first-order valence-corrected chi connectivity index (χ1v) is 6.98. The second kappa shape index (κ2) is 5.53. The van der Waals surface area contributed by atoms with Crippen molar-refractivity contribution in [3.63, 3.8) is 0 Å². The Morgan fingerprint density at radius 1 is 1.11 bits per heavy atom. The van der Waals surface area contributed by atoms with Crippen molar-refractivity contribution in [3.05, 3.63) is 37.1 Å². The second-order valence-corrected chi connectivity index (χ2v) is 5.22. The van der Waals surface area contributed by atoms with Crippen molar-refractivity contribution < 1.29 is 0 Å². The zero-order valence-corrected chi connectivity index (χ0v) is 11.3. The minimum Gasteiger partial charge on any atom is -0.328 e. The van der Waals surface area contributed by atoms with Crippen molar-refractivity contribution in [2.24, 2.45) is 0 Å². The van der Waals surface area contributed by atoms with Crippen LogP contribution in [0.1, 0.15) is 31.7 Å². The van der Waals surface area contributed by atoms with Crippen molar-refractivity contribution in [2.75, 3.05) is 7.05 Å². The summed E-state index contributed by atoms with van der Waals surface area (Å²) in [4.78, 5) is 8.42. The number of hydrogen-bond donors (Lipinski definition) is 1. The van der Waals surface area contributed by atoms with Crippen LogP contribution in [-0.4, -0.2) is 27.6 Å². The van der Waals surface area contributed by atoms with Crippen LogP contribution in [0.5, 0.6) is 0 Å². The lowest BCUT2D eigenvalue weighted by Crippen LogP contribution is -2.31. The van der Waals surface area contributed by atoms with E-state index in [-0.39, 0.29) is 0 Å². The molecule has 1 saturated carbocycles. The quantitative estimate of drug-likeness (QED) is 0.918. The molecule has 0 spiro atoms. The average molecular weight is 256 g/mol. The van der Waals surface area contributed by atoms with E-state index in [1.807, 2.05) is 37.1 Å². The Bertz CT molecular complexity index is 512. The number of nitrogens with zero attached hydrogens (tertiary/aromatic N) is 3. The molecule has 0 unspecified atom stereocenters. The summed E-state index contributed by atoms with van der Waals surface area (Å²) in [6.07, 6.45) is 12.5. The number of imidazole rings is 1. The van der Waals surface area contributed by atoms with Crippen molar-refractivity contribution in [1.82, 2.24) is 19.9 Å². The summed E-state index contributed by atoms with van der Waals surface area (Å²) in [5.41, 5.74) is 2.40. The summed E-state index contributed by atoms with van der Waals surface area (Å²) in [6, 6.07) is 5.36. The summed E-state index contributed by atoms with van der Waals surface area (Å²) in [5, 5.41) is 3.38. The Kier molecular flexibility index (Phi) is 3.60. The van der Waals surface area contributed by atoms with Gasteiger partial charge in [0.1, 0.15) is 0 Å². The van der Waals surface area contributed by atoms with Crippen LogP contribution >= 0.6 is 0 Å². The molecule has 3 rings (SSSR count). The third-order valence-corrected chi connectivity index (χ3v) is 4.14. The molecular formula is C15H20N4. The highest BCUT2D eigenvalue weighted by Gasteiger charge is 2.22. The van der Waals surface area contributed by atoms with Gasteiger partial charge in [-0.2, -0.15) is 0 Å². The Hall–Kier alpha value is -1.68. The van der Waals surface area contributed by atoms with Gasteiger partial charge in [0.25, 0.3) is 0 Å². The van der Waals surface area contributed by atoms with E-state index < -0.39 is 0 Å². The molecule has 0 amide bonds. The zero-order valence-electron chi connectivity index (χ0n) is 11.3. The van der Waals surface area contributed by atoms with Gasteiger partial charge in [-0.3, -0.25) is 4.98 Å². The van der Waals surface area contributed by atoms with Crippen LogP contribution < -0.4 is 5.32 Å². The van der Waals surface area contributed by atoms with Crippen LogP contribution in [0.25, 0.3) is 11.3 Å². The third-order valence-electron chi connectivity index (χ3n) is 4.14. The molecule has 2 heterocycles. The Morgan fingerprint density at radius 2 is 1.84 bits per heavy atom. The van der Waals surface area contributed by atoms with Gasteiger partial charge in [-0.25, -0.2) is 4.98 Å². The lowest BCUT2D eigenvalue weighted by molar-refractivity contribution is 0.302. The van der Waals surface area contributed by atoms with E-state index in [2.05, 4.69) is 26.9 Å². The van der Waals surface area contributed by atoms with Gasteiger partial charge in [0.05, 0.1) is 18.2 Å². The fourth-order valence-electron chi connectivity index (χ4n) is 2.98. The van der Waals surface area contributed by atoms with Gasteiger partial charge in [-0.05, 0) is 44.9 Å². The molecule has 1 aliphatic rings. The Morgan fingerprint density at radius 3 is 2.53 bits per heavy atom. The fourth-order valence-corrected chi connectivity index (χ4v) is 2.98. The van der Waals surface area contributed by atoms with Crippen molar-refractivity contribution in [3.8, 4) is 11.3 Å². The molecule has 1 N–H and O–H groups in total. The number of hydrogen-bond acceptors (Lipinski definition) is 3. The van der Waals surface area contributed by atoms with Crippen LogP contribution in [0.4, 0.5) is 0 Å². The molecule has 0 atom stereocenters. The predicted molar refractivity (Wildman–Crippen MR) is 75.8 cm³/mol. The molecule has 0 bridgehead atoms. The second-order valence-electron chi connectivity index (χ2n) is 5.22. The van der Waals surface area contributed by atoms with Crippen molar-refractivity contribution in [1.29, 1.82) is 0 Å². The normalized spacial score (nSPS) is 23.4. The monoisotopic (exact) mass is 256 g/mol.